The number of hydrogen-bond acceptors (Lipinski definition) is 3. The molecule has 98 valence electrons. The van der Waals surface area contributed by atoms with E-state index in [1.807, 2.05) is 11.8 Å². The summed E-state index contributed by atoms with van der Waals surface area (Å²) >= 11 is 1.99. The molecule has 1 saturated heterocycles. The summed E-state index contributed by atoms with van der Waals surface area (Å²) in [6.45, 7) is 0.0965. The van der Waals surface area contributed by atoms with Gasteiger partial charge in [0.15, 0.2) is 0 Å². The lowest BCUT2D eigenvalue weighted by Crippen LogP contribution is -2.49. The first-order valence-electron chi connectivity index (χ1n) is 6.74. The molecule has 1 saturated carbocycles. The summed E-state index contributed by atoms with van der Waals surface area (Å²) in [5.74, 6) is 3.11. The molecule has 17 heavy (non-hydrogen) atoms. The van der Waals surface area contributed by atoms with E-state index in [9.17, 15) is 9.90 Å². The largest absolute Gasteiger partial charge is 0.394 e. The number of hydrogen-bond donors (Lipinski definition) is 2. The number of thioether (sulfide) groups is 1. The molecular weight excluding hydrogens is 234 g/mol. The first kappa shape index (κ1) is 13.2. The molecule has 0 bridgehead atoms. The molecule has 2 fully saturated rings. The maximum atomic E-state index is 12.0. The fraction of sp³-hybridized carbons (Fsp3) is 0.923. The first-order chi connectivity index (χ1) is 8.24. The van der Waals surface area contributed by atoms with Gasteiger partial charge in [-0.2, -0.15) is 11.8 Å². The highest BCUT2D eigenvalue weighted by Gasteiger charge is 2.34. The quantitative estimate of drug-likeness (QED) is 0.809. The first-order valence-corrected chi connectivity index (χ1v) is 7.89. The van der Waals surface area contributed by atoms with E-state index in [1.54, 1.807) is 0 Å². The zero-order valence-electron chi connectivity index (χ0n) is 10.4. The average Bonchev–Trinajstić information content (AvgIpc) is 2.79. The van der Waals surface area contributed by atoms with Crippen molar-refractivity contribution in [2.75, 3.05) is 18.1 Å². The van der Waals surface area contributed by atoms with Crippen LogP contribution >= 0.6 is 11.8 Å². The predicted octanol–water partition coefficient (Wildman–Crippen LogP) is 1.94. The lowest BCUT2D eigenvalue weighted by Gasteiger charge is -2.29. The van der Waals surface area contributed by atoms with E-state index in [-0.39, 0.29) is 18.1 Å². The van der Waals surface area contributed by atoms with Crippen molar-refractivity contribution < 1.29 is 9.90 Å². The highest BCUT2D eigenvalue weighted by atomic mass is 32.2. The summed E-state index contributed by atoms with van der Waals surface area (Å²) in [5, 5.41) is 12.5. The van der Waals surface area contributed by atoms with E-state index in [4.69, 9.17) is 0 Å². The van der Waals surface area contributed by atoms with Crippen LogP contribution in [-0.2, 0) is 4.79 Å². The molecule has 1 heterocycles. The highest BCUT2D eigenvalue weighted by molar-refractivity contribution is 7.99. The summed E-state index contributed by atoms with van der Waals surface area (Å²) < 4.78 is 0. The van der Waals surface area contributed by atoms with Crippen LogP contribution in [0.25, 0.3) is 0 Å². The zero-order chi connectivity index (χ0) is 12.1. The molecule has 0 radical (unpaired) electrons. The Morgan fingerprint density at radius 3 is 2.53 bits per heavy atom. The third-order valence-electron chi connectivity index (χ3n) is 4.08. The molecule has 0 aromatic heterocycles. The Morgan fingerprint density at radius 2 is 1.94 bits per heavy atom. The minimum Gasteiger partial charge on any atom is -0.394 e. The van der Waals surface area contributed by atoms with Gasteiger partial charge in [-0.1, -0.05) is 12.8 Å². The molecule has 2 rings (SSSR count). The van der Waals surface area contributed by atoms with Crippen LogP contribution in [0.2, 0.25) is 0 Å². The predicted molar refractivity (Wildman–Crippen MR) is 71.1 cm³/mol. The van der Waals surface area contributed by atoms with Crippen LogP contribution < -0.4 is 5.32 Å². The van der Waals surface area contributed by atoms with Crippen molar-refractivity contribution in [1.82, 2.24) is 5.32 Å². The van der Waals surface area contributed by atoms with E-state index in [2.05, 4.69) is 5.32 Å². The van der Waals surface area contributed by atoms with Gasteiger partial charge < -0.3 is 10.4 Å². The highest BCUT2D eigenvalue weighted by Crippen LogP contribution is 2.30. The molecule has 3 nitrogen and oxygen atoms in total. The maximum absolute atomic E-state index is 12.0. The van der Waals surface area contributed by atoms with Crippen LogP contribution in [0, 0.1) is 5.92 Å². The van der Waals surface area contributed by atoms with Crippen molar-refractivity contribution in [3.05, 3.63) is 0 Å². The minimum atomic E-state index is -0.291. The molecule has 1 aliphatic heterocycles. The third-order valence-corrected chi connectivity index (χ3v) is 5.13. The van der Waals surface area contributed by atoms with Gasteiger partial charge in [0.25, 0.3) is 0 Å². The van der Waals surface area contributed by atoms with Crippen LogP contribution in [0.5, 0.6) is 0 Å². The Labute approximate surface area is 108 Å². The van der Waals surface area contributed by atoms with Gasteiger partial charge >= 0.3 is 0 Å². The Morgan fingerprint density at radius 1 is 1.29 bits per heavy atom. The Kier molecular flexibility index (Phi) is 4.74. The molecule has 4 heteroatoms. The van der Waals surface area contributed by atoms with Crippen LogP contribution in [0.1, 0.15) is 44.9 Å². The van der Waals surface area contributed by atoms with Gasteiger partial charge in [-0.25, -0.2) is 0 Å². The summed E-state index contributed by atoms with van der Waals surface area (Å²) in [7, 11) is 0. The molecular formula is C13H23NO2S. The molecule has 2 aliphatic rings. The second-order valence-electron chi connectivity index (χ2n) is 5.45. The molecule has 1 amide bonds. The van der Waals surface area contributed by atoms with Gasteiger partial charge in [-0.3, -0.25) is 4.79 Å². The Balaban J connectivity index is 1.79. The fourth-order valence-corrected chi connectivity index (χ4v) is 4.14. The van der Waals surface area contributed by atoms with Crippen molar-refractivity contribution in [2.45, 2.75) is 50.5 Å². The summed E-state index contributed by atoms with van der Waals surface area (Å²) in [6.07, 6.45) is 7.13. The molecule has 2 N–H and O–H groups in total. The number of nitrogens with one attached hydrogen (secondary N) is 1. The number of carbonyl (C=O) groups is 1. The maximum Gasteiger partial charge on any atom is 0.220 e. The van der Waals surface area contributed by atoms with Gasteiger partial charge in [0.1, 0.15) is 0 Å². The molecule has 0 unspecified atom stereocenters. The fourth-order valence-electron chi connectivity index (χ4n) is 2.93. The minimum absolute atomic E-state index is 0.0965. The van der Waals surface area contributed by atoms with Crippen LogP contribution in [0.15, 0.2) is 0 Å². The van der Waals surface area contributed by atoms with Crippen molar-refractivity contribution in [3.8, 4) is 0 Å². The summed E-state index contributed by atoms with van der Waals surface area (Å²) in [5.41, 5.74) is -0.291. The molecule has 0 atom stereocenters. The van der Waals surface area contributed by atoms with Crippen molar-refractivity contribution in [2.24, 2.45) is 5.92 Å². The monoisotopic (exact) mass is 257 g/mol. The Hall–Kier alpha value is -0.220. The number of carbonyl (C=O) groups excluding carboxylic acids is 1. The van der Waals surface area contributed by atoms with E-state index in [0.29, 0.717) is 12.3 Å². The van der Waals surface area contributed by atoms with E-state index in [0.717, 1.165) is 25.7 Å². The number of aliphatic hydroxyl groups is 1. The number of amides is 1. The normalized spacial score (nSPS) is 24.8. The van der Waals surface area contributed by atoms with Crippen molar-refractivity contribution >= 4 is 17.7 Å². The topological polar surface area (TPSA) is 49.3 Å². The van der Waals surface area contributed by atoms with Gasteiger partial charge in [0, 0.05) is 6.42 Å². The van der Waals surface area contributed by atoms with E-state index >= 15 is 0 Å². The second kappa shape index (κ2) is 6.10. The van der Waals surface area contributed by atoms with E-state index in [1.165, 1.54) is 24.3 Å². The van der Waals surface area contributed by atoms with Gasteiger partial charge in [-0.05, 0) is 43.1 Å². The lowest BCUT2D eigenvalue weighted by atomic mass is 9.95. The zero-order valence-corrected chi connectivity index (χ0v) is 11.2. The smallest absolute Gasteiger partial charge is 0.220 e. The van der Waals surface area contributed by atoms with Crippen molar-refractivity contribution in [3.63, 3.8) is 0 Å². The van der Waals surface area contributed by atoms with Crippen LogP contribution in [0.3, 0.4) is 0 Å². The van der Waals surface area contributed by atoms with Crippen molar-refractivity contribution in [1.29, 1.82) is 0 Å². The van der Waals surface area contributed by atoms with E-state index < -0.39 is 0 Å². The average molecular weight is 257 g/mol. The summed E-state index contributed by atoms with van der Waals surface area (Å²) in [6, 6.07) is 0. The van der Waals surface area contributed by atoms with Crippen LogP contribution in [0.4, 0.5) is 0 Å². The number of aliphatic hydroxyl groups excluding tert-OH is 1. The molecule has 0 aromatic rings. The molecule has 0 spiro atoms. The number of rotatable bonds is 4. The molecule has 1 aliphatic carbocycles. The Bertz CT molecular complexity index is 258. The summed E-state index contributed by atoms with van der Waals surface area (Å²) in [4.78, 5) is 12.0. The third kappa shape index (κ3) is 3.62. The van der Waals surface area contributed by atoms with Gasteiger partial charge in [0.05, 0.1) is 12.1 Å². The SMILES string of the molecule is O=C(CC1CCSCC1)NC1(CO)CCCC1. The second-order valence-corrected chi connectivity index (χ2v) is 6.68. The van der Waals surface area contributed by atoms with Gasteiger partial charge in [-0.15, -0.1) is 0 Å². The molecule has 0 aromatic carbocycles. The van der Waals surface area contributed by atoms with Crippen LogP contribution in [-0.4, -0.2) is 34.7 Å². The standard InChI is InChI=1S/C13H23NO2S/c15-10-13(5-1-2-6-13)14-12(16)9-11-3-7-17-8-4-11/h11,15H,1-10H2,(H,14,16). The lowest BCUT2D eigenvalue weighted by molar-refractivity contribution is -0.124. The van der Waals surface area contributed by atoms with Gasteiger partial charge in [0.2, 0.25) is 5.91 Å².